The van der Waals surface area contributed by atoms with Gasteiger partial charge in [-0.1, -0.05) is 27.7 Å². The van der Waals surface area contributed by atoms with Gasteiger partial charge in [0.25, 0.3) is 5.91 Å². The molecule has 3 aliphatic heterocycles. The molecule has 13 nitrogen and oxygen atoms in total. The number of nitrogens with zero attached hydrogens (tertiary/aromatic N) is 1. The summed E-state index contributed by atoms with van der Waals surface area (Å²) in [5.74, 6) is -3.58. The van der Waals surface area contributed by atoms with E-state index in [2.05, 4.69) is 15.6 Å². The Morgan fingerprint density at radius 2 is 2.00 bits per heavy atom. The zero-order valence-electron chi connectivity index (χ0n) is 22.7. The number of carbonyl (C=O) groups excluding carboxylic acids is 4. The highest BCUT2D eigenvalue weighted by atomic mass is 28.4. The van der Waals surface area contributed by atoms with Crippen molar-refractivity contribution in [2.75, 3.05) is 13.2 Å². The van der Waals surface area contributed by atoms with Crippen LogP contribution in [-0.2, 0) is 23.9 Å². The smallest absolute Gasteiger partial charge is 0.407 e. The van der Waals surface area contributed by atoms with Gasteiger partial charge in [0.2, 0.25) is 5.78 Å². The third-order valence-electron chi connectivity index (χ3n) is 7.43. The van der Waals surface area contributed by atoms with Gasteiger partial charge in [0.1, 0.15) is 11.6 Å². The molecule has 1 saturated heterocycles. The van der Waals surface area contributed by atoms with Crippen LogP contribution in [0, 0.1) is 5.92 Å². The lowest BCUT2D eigenvalue weighted by atomic mass is 9.75. The molecule has 216 valence electrons. The number of aliphatic hydroxyl groups excluding tert-OH is 1. The Morgan fingerprint density at radius 1 is 1.31 bits per heavy atom. The molecule has 0 bridgehead atoms. The van der Waals surface area contributed by atoms with Gasteiger partial charge in [-0.25, -0.2) is 4.79 Å². The van der Waals surface area contributed by atoms with Gasteiger partial charge in [0.05, 0.1) is 24.5 Å². The summed E-state index contributed by atoms with van der Waals surface area (Å²) in [7, 11) is -4.33. The van der Waals surface area contributed by atoms with Crippen LogP contribution in [0.4, 0.5) is 4.79 Å². The van der Waals surface area contributed by atoms with Crippen LogP contribution in [0.15, 0.2) is 28.1 Å². The van der Waals surface area contributed by atoms with Crippen molar-refractivity contribution in [1.82, 2.24) is 10.6 Å². The molecule has 3 aliphatic rings. The Bertz CT molecular complexity index is 1110. The van der Waals surface area contributed by atoms with Gasteiger partial charge in [-0.15, -0.1) is 0 Å². The van der Waals surface area contributed by atoms with E-state index in [1.807, 2.05) is 13.8 Å². The van der Waals surface area contributed by atoms with E-state index in [0.717, 1.165) is 6.21 Å². The Kier molecular flexibility index (Phi) is 9.04. The van der Waals surface area contributed by atoms with Gasteiger partial charge >= 0.3 is 14.7 Å². The number of primary amides is 1. The number of aliphatic imine (C=N–C) groups is 1. The molecule has 7 N–H and O–H groups in total. The number of ether oxygens (including phenoxy) is 2. The SMILES string of the molecule is CCC(NC(=O)OC1CCOC1)[Si](O)(O)CC1(CC)NC=C(C2(CC(C)C)N=C/C(=C(/O)C(N)=O)C2=O)C1=O. The second-order valence-electron chi connectivity index (χ2n) is 10.7. The highest BCUT2D eigenvalue weighted by Gasteiger charge is 2.59. The number of carbonyl (C=O) groups is 4. The number of rotatable bonds is 11. The van der Waals surface area contributed by atoms with Crippen molar-refractivity contribution in [2.24, 2.45) is 16.6 Å². The molecule has 3 heterocycles. The number of hydrogen-bond acceptors (Lipinski definition) is 11. The molecule has 0 spiro atoms. The number of nitrogens with one attached hydrogen (secondary N) is 2. The zero-order valence-corrected chi connectivity index (χ0v) is 23.7. The predicted octanol–water partition coefficient (Wildman–Crippen LogP) is 0.187. The molecule has 0 aromatic rings. The molecule has 0 aliphatic carbocycles. The van der Waals surface area contributed by atoms with E-state index >= 15 is 0 Å². The summed E-state index contributed by atoms with van der Waals surface area (Å²) in [5, 5.41) is 15.6. The fourth-order valence-electron chi connectivity index (χ4n) is 5.32. The first kappa shape index (κ1) is 30.5. The first-order chi connectivity index (χ1) is 18.2. The van der Waals surface area contributed by atoms with Crippen molar-refractivity contribution >= 4 is 38.3 Å². The van der Waals surface area contributed by atoms with Crippen molar-refractivity contribution in [1.29, 1.82) is 0 Å². The molecule has 39 heavy (non-hydrogen) atoms. The number of aliphatic hydroxyl groups is 1. The highest BCUT2D eigenvalue weighted by molar-refractivity contribution is 6.67. The van der Waals surface area contributed by atoms with E-state index in [4.69, 9.17) is 15.2 Å². The van der Waals surface area contributed by atoms with Gasteiger partial charge < -0.3 is 40.5 Å². The monoisotopic (exact) mass is 566 g/mol. The lowest BCUT2D eigenvalue weighted by Gasteiger charge is -2.37. The van der Waals surface area contributed by atoms with Gasteiger partial charge in [-0.05, 0) is 25.2 Å². The first-order valence-corrected chi connectivity index (χ1v) is 15.3. The van der Waals surface area contributed by atoms with Crippen LogP contribution < -0.4 is 16.4 Å². The molecule has 14 heteroatoms. The topological polar surface area (TPSA) is 210 Å². The number of nitrogens with two attached hydrogens (primary N) is 1. The Hall–Kier alpha value is -3.07. The van der Waals surface area contributed by atoms with Crippen LogP contribution in [0.1, 0.15) is 53.4 Å². The largest absolute Gasteiger partial charge is 0.502 e. The Balaban J connectivity index is 1.86. The van der Waals surface area contributed by atoms with Crippen LogP contribution in [0.2, 0.25) is 6.04 Å². The standard InChI is InChI=1S/C25H38N4O9Si/c1-5-18(29-23(34)38-15-7-8-37-12-15)39(35,36)13-24(6-2)21(32)17(11-27-24)25(9-14(3)4)20(31)16(10-28-25)19(30)22(26)33/h10-11,14-15,18,27,30,35-36H,5-9,12-13H2,1-4H3,(H2,26,33)(H,29,34)/b19-16-. The molecule has 4 unspecified atom stereocenters. The summed E-state index contributed by atoms with van der Waals surface area (Å²) in [5.41, 5.74) is 0.492. The maximum Gasteiger partial charge on any atom is 0.407 e. The number of alkyl carbamates (subject to hydrolysis) is 1. The summed E-state index contributed by atoms with van der Waals surface area (Å²) >= 11 is 0. The summed E-state index contributed by atoms with van der Waals surface area (Å²) in [6.45, 7) is 7.76. The summed E-state index contributed by atoms with van der Waals surface area (Å²) in [4.78, 5) is 78.2. The predicted molar refractivity (Wildman–Crippen MR) is 142 cm³/mol. The highest BCUT2D eigenvalue weighted by Crippen LogP contribution is 2.43. The maximum absolute atomic E-state index is 14.0. The summed E-state index contributed by atoms with van der Waals surface area (Å²) in [6, 6.07) is -0.397. The van der Waals surface area contributed by atoms with Gasteiger partial charge in [-0.3, -0.25) is 19.4 Å². The van der Waals surface area contributed by atoms with Gasteiger partial charge in [0, 0.05) is 30.5 Å². The van der Waals surface area contributed by atoms with E-state index in [0.29, 0.717) is 13.0 Å². The average Bonchev–Trinajstić information content (AvgIpc) is 3.56. The Morgan fingerprint density at radius 3 is 2.54 bits per heavy atom. The van der Waals surface area contributed by atoms with Crippen LogP contribution in [0.3, 0.4) is 0 Å². The van der Waals surface area contributed by atoms with Gasteiger partial charge in [0.15, 0.2) is 17.1 Å². The number of ketones is 2. The molecule has 3 rings (SSSR count). The molecule has 0 aromatic heterocycles. The van der Waals surface area contributed by atoms with E-state index in [9.17, 15) is 33.9 Å². The number of amides is 2. The lowest BCUT2D eigenvalue weighted by Crippen LogP contribution is -2.63. The lowest BCUT2D eigenvalue weighted by molar-refractivity contribution is -0.124. The molecule has 2 amide bonds. The molecule has 0 aromatic carbocycles. The molecule has 4 atom stereocenters. The third kappa shape index (κ3) is 5.93. The van der Waals surface area contributed by atoms with E-state index in [1.165, 1.54) is 6.20 Å². The summed E-state index contributed by atoms with van der Waals surface area (Å²) in [6.07, 6.45) is 2.11. The van der Waals surface area contributed by atoms with E-state index in [1.54, 1.807) is 13.8 Å². The van der Waals surface area contributed by atoms with Crippen molar-refractivity contribution in [2.45, 2.75) is 82.3 Å². The zero-order chi connectivity index (χ0) is 29.2. The minimum absolute atomic E-state index is 0.0157. The molecule has 1 fully saturated rings. The second-order valence-corrected chi connectivity index (χ2v) is 13.5. The maximum atomic E-state index is 14.0. The minimum Gasteiger partial charge on any atom is -0.502 e. The van der Waals surface area contributed by atoms with E-state index < -0.39 is 66.8 Å². The average molecular weight is 567 g/mol. The van der Waals surface area contributed by atoms with E-state index in [-0.39, 0.29) is 42.9 Å². The number of Topliss-reactive ketones (excluding diaryl/α,β-unsaturated/α-hetero) is 2. The van der Waals surface area contributed by atoms with Crippen LogP contribution in [0.5, 0.6) is 0 Å². The van der Waals surface area contributed by atoms with Crippen LogP contribution in [-0.4, -0.2) is 89.1 Å². The van der Waals surface area contributed by atoms with Crippen molar-refractivity contribution in [3.8, 4) is 0 Å². The van der Waals surface area contributed by atoms with Crippen LogP contribution >= 0.6 is 0 Å². The Labute approximate surface area is 227 Å². The minimum atomic E-state index is -4.33. The fraction of sp³-hybridized carbons (Fsp3) is 0.640. The molecule has 0 radical (unpaired) electrons. The summed E-state index contributed by atoms with van der Waals surface area (Å²) < 4.78 is 10.5. The van der Waals surface area contributed by atoms with Crippen LogP contribution in [0.25, 0.3) is 0 Å². The molecule has 0 saturated carbocycles. The first-order valence-electron chi connectivity index (χ1n) is 13.1. The fourth-order valence-corrected chi connectivity index (χ4v) is 7.98. The second kappa shape index (κ2) is 11.6. The van der Waals surface area contributed by atoms with Gasteiger partial charge in [-0.2, -0.15) is 0 Å². The normalized spacial score (nSPS) is 28.9. The van der Waals surface area contributed by atoms with Crippen molar-refractivity contribution in [3.05, 3.63) is 23.1 Å². The third-order valence-corrected chi connectivity index (χ3v) is 10.2. The molecular formula is C25H38N4O9Si. The molecular weight excluding hydrogens is 528 g/mol. The van der Waals surface area contributed by atoms with Crippen molar-refractivity contribution < 1.29 is 43.3 Å². The number of hydrogen-bond donors (Lipinski definition) is 6. The van der Waals surface area contributed by atoms with Crippen molar-refractivity contribution in [3.63, 3.8) is 0 Å². The quantitative estimate of drug-likeness (QED) is 0.113.